The van der Waals surface area contributed by atoms with E-state index >= 15 is 0 Å². The number of amides is 1. The van der Waals surface area contributed by atoms with Gasteiger partial charge in [0.15, 0.2) is 10.8 Å². The highest BCUT2D eigenvalue weighted by Crippen LogP contribution is 2.40. The van der Waals surface area contributed by atoms with Gasteiger partial charge >= 0.3 is 0 Å². The van der Waals surface area contributed by atoms with Gasteiger partial charge in [0.2, 0.25) is 5.91 Å². The summed E-state index contributed by atoms with van der Waals surface area (Å²) in [5.41, 5.74) is 2.93. The molecule has 1 aromatic carbocycles. The van der Waals surface area contributed by atoms with Crippen molar-refractivity contribution in [2.45, 2.75) is 38.3 Å². The van der Waals surface area contributed by atoms with Gasteiger partial charge in [-0.15, -0.1) is 21.5 Å². The van der Waals surface area contributed by atoms with Crippen LogP contribution in [-0.4, -0.2) is 47.5 Å². The van der Waals surface area contributed by atoms with Crippen molar-refractivity contribution in [2.75, 3.05) is 17.7 Å². The molecule has 4 heterocycles. The van der Waals surface area contributed by atoms with Gasteiger partial charge in [-0.1, -0.05) is 18.7 Å². The third-order valence-corrected chi connectivity index (χ3v) is 8.26. The quantitative estimate of drug-likeness (QED) is 0.353. The van der Waals surface area contributed by atoms with E-state index in [1.807, 2.05) is 35.6 Å². The fraction of sp³-hybridized carbons (Fsp3) is 0.348. The molecule has 5 aromatic rings. The first-order valence-electron chi connectivity index (χ1n) is 11.3. The summed E-state index contributed by atoms with van der Waals surface area (Å²) in [5.74, 6) is 2.14. The number of carbonyl (C=O) groups excluding carboxylic acids is 1. The number of fused-ring (bicyclic) bond motifs is 8. The van der Waals surface area contributed by atoms with Crippen molar-refractivity contribution in [3.63, 3.8) is 0 Å². The van der Waals surface area contributed by atoms with Crippen LogP contribution in [-0.2, 0) is 17.6 Å². The third kappa shape index (κ3) is 3.59. The van der Waals surface area contributed by atoms with Crippen molar-refractivity contribution in [2.24, 2.45) is 5.92 Å². The molecule has 1 aliphatic rings. The fourth-order valence-corrected chi connectivity index (χ4v) is 6.62. The Hall–Kier alpha value is -3.18. The van der Waals surface area contributed by atoms with Crippen LogP contribution in [0.25, 0.3) is 21.6 Å². The van der Waals surface area contributed by atoms with Gasteiger partial charge < -0.3 is 10.1 Å². The summed E-state index contributed by atoms with van der Waals surface area (Å²) in [5, 5.41) is 18.0. The monoisotopic (exact) mass is 493 g/mol. The average Bonchev–Trinajstić information content (AvgIpc) is 3.55. The fourth-order valence-electron chi connectivity index (χ4n) is 4.49. The zero-order valence-electron chi connectivity index (χ0n) is 18.8. The highest BCUT2D eigenvalue weighted by Gasteiger charge is 2.26. The van der Waals surface area contributed by atoms with E-state index in [-0.39, 0.29) is 11.7 Å². The first-order valence-corrected chi connectivity index (χ1v) is 13.1. The Balaban J connectivity index is 1.31. The average molecular weight is 494 g/mol. The lowest BCUT2D eigenvalue weighted by atomic mass is 9.89. The maximum Gasteiger partial charge on any atom is 0.260 e. The lowest BCUT2D eigenvalue weighted by Gasteiger charge is -2.17. The van der Waals surface area contributed by atoms with Crippen molar-refractivity contribution in [3.8, 4) is 5.75 Å². The van der Waals surface area contributed by atoms with Gasteiger partial charge in [-0.05, 0) is 61.9 Å². The van der Waals surface area contributed by atoms with E-state index in [4.69, 9.17) is 4.74 Å². The molecule has 9 nitrogen and oxygen atoms in total. The van der Waals surface area contributed by atoms with Crippen molar-refractivity contribution in [1.82, 2.24) is 29.2 Å². The standard InChI is InChI=1S/C23H23N7O2S2/c1-3-32-15-7-5-14(6-8-15)26-18(31)11-33-23-28-27-22-29(23)21-19(20-24-12-25-30(20)22)16-10-13(2)4-9-17(16)34-21/h5-8,12-13H,3-4,9-11H2,1-2H3,(H,26,31). The van der Waals surface area contributed by atoms with Gasteiger partial charge in [-0.2, -0.15) is 9.61 Å². The second kappa shape index (κ2) is 8.55. The van der Waals surface area contributed by atoms with Crippen LogP contribution in [0.3, 0.4) is 0 Å². The van der Waals surface area contributed by atoms with Crippen LogP contribution in [0.5, 0.6) is 5.75 Å². The minimum atomic E-state index is -0.108. The Kier molecular flexibility index (Phi) is 5.37. The summed E-state index contributed by atoms with van der Waals surface area (Å²) in [6, 6.07) is 7.36. The molecule has 0 aliphatic heterocycles. The molecule has 0 saturated carbocycles. The van der Waals surface area contributed by atoms with E-state index in [2.05, 4.69) is 32.5 Å². The van der Waals surface area contributed by atoms with Crippen LogP contribution in [0, 0.1) is 5.92 Å². The smallest absolute Gasteiger partial charge is 0.260 e. The maximum atomic E-state index is 12.6. The number of ether oxygens (including phenoxy) is 1. The van der Waals surface area contributed by atoms with Crippen LogP contribution in [0.15, 0.2) is 35.7 Å². The molecule has 4 aromatic heterocycles. The minimum absolute atomic E-state index is 0.108. The number of thioether (sulfide) groups is 1. The maximum absolute atomic E-state index is 12.6. The van der Waals surface area contributed by atoms with E-state index in [0.29, 0.717) is 23.5 Å². The number of hydrogen-bond acceptors (Lipinski definition) is 8. The van der Waals surface area contributed by atoms with Gasteiger partial charge in [0.1, 0.15) is 16.9 Å². The molecular weight excluding hydrogens is 470 g/mol. The zero-order valence-corrected chi connectivity index (χ0v) is 20.4. The van der Waals surface area contributed by atoms with Gasteiger partial charge in [0, 0.05) is 10.6 Å². The highest BCUT2D eigenvalue weighted by molar-refractivity contribution is 7.99. The number of carbonyl (C=O) groups is 1. The first kappa shape index (κ1) is 21.4. The minimum Gasteiger partial charge on any atom is -0.494 e. The zero-order chi connectivity index (χ0) is 23.2. The lowest BCUT2D eigenvalue weighted by Crippen LogP contribution is -2.14. The number of thiophene rings is 1. The number of nitrogens with one attached hydrogen (secondary N) is 1. The van der Waals surface area contributed by atoms with E-state index in [1.54, 1.807) is 22.2 Å². The topological polar surface area (TPSA) is 98.7 Å². The molecule has 0 bridgehead atoms. The molecule has 1 amide bonds. The Bertz CT molecular complexity index is 1520. The van der Waals surface area contributed by atoms with Crippen molar-refractivity contribution in [1.29, 1.82) is 0 Å². The van der Waals surface area contributed by atoms with Crippen LogP contribution in [0.1, 0.15) is 30.7 Å². The number of benzene rings is 1. The SMILES string of the molecule is CCOc1ccc(NC(=O)CSc2nnc3n4ncnc4c4c5c(sc4n23)CCC(C)C5)cc1. The largest absolute Gasteiger partial charge is 0.494 e. The Labute approximate surface area is 203 Å². The Morgan fingerprint density at radius 3 is 2.97 bits per heavy atom. The summed E-state index contributed by atoms with van der Waals surface area (Å²) < 4.78 is 9.24. The molecule has 174 valence electrons. The van der Waals surface area contributed by atoms with E-state index in [1.165, 1.54) is 28.6 Å². The summed E-state index contributed by atoms with van der Waals surface area (Å²) in [6.45, 7) is 4.85. The van der Waals surface area contributed by atoms with Gasteiger partial charge in [0.25, 0.3) is 5.78 Å². The van der Waals surface area contributed by atoms with Crippen molar-refractivity contribution < 1.29 is 9.53 Å². The number of aromatic nitrogens is 6. The molecule has 0 spiro atoms. The Morgan fingerprint density at radius 2 is 2.15 bits per heavy atom. The molecule has 1 N–H and O–H groups in total. The molecule has 34 heavy (non-hydrogen) atoms. The molecule has 0 radical (unpaired) electrons. The number of hydrogen-bond donors (Lipinski definition) is 1. The van der Waals surface area contributed by atoms with E-state index in [0.717, 1.165) is 40.1 Å². The molecule has 6 rings (SSSR count). The molecule has 1 unspecified atom stereocenters. The molecule has 1 aliphatic carbocycles. The predicted molar refractivity (Wildman–Crippen MR) is 133 cm³/mol. The van der Waals surface area contributed by atoms with Crippen LogP contribution in [0.2, 0.25) is 0 Å². The van der Waals surface area contributed by atoms with Gasteiger partial charge in [-0.3, -0.25) is 4.79 Å². The highest BCUT2D eigenvalue weighted by atomic mass is 32.2. The summed E-state index contributed by atoms with van der Waals surface area (Å²) in [7, 11) is 0. The molecule has 0 saturated heterocycles. The summed E-state index contributed by atoms with van der Waals surface area (Å²) >= 11 is 3.15. The van der Waals surface area contributed by atoms with Gasteiger partial charge in [-0.25, -0.2) is 9.38 Å². The third-order valence-electron chi connectivity index (χ3n) is 6.05. The lowest BCUT2D eigenvalue weighted by molar-refractivity contribution is -0.113. The van der Waals surface area contributed by atoms with Crippen molar-refractivity contribution in [3.05, 3.63) is 41.0 Å². The number of aryl methyl sites for hydroxylation is 1. The molecule has 11 heteroatoms. The summed E-state index contributed by atoms with van der Waals surface area (Å²) in [4.78, 5) is 19.7. The van der Waals surface area contributed by atoms with Crippen LogP contribution >= 0.6 is 23.1 Å². The number of rotatable bonds is 6. The van der Waals surface area contributed by atoms with Crippen LogP contribution < -0.4 is 10.1 Å². The number of anilines is 1. The second-order valence-electron chi connectivity index (χ2n) is 8.44. The van der Waals surface area contributed by atoms with Crippen molar-refractivity contribution >= 4 is 56.3 Å². The van der Waals surface area contributed by atoms with Gasteiger partial charge in [0.05, 0.1) is 17.7 Å². The Morgan fingerprint density at radius 1 is 1.29 bits per heavy atom. The number of nitrogens with zero attached hydrogens (tertiary/aromatic N) is 6. The van der Waals surface area contributed by atoms with E-state index in [9.17, 15) is 4.79 Å². The van der Waals surface area contributed by atoms with E-state index < -0.39 is 0 Å². The normalized spacial score (nSPS) is 15.8. The van der Waals surface area contributed by atoms with Crippen LogP contribution in [0.4, 0.5) is 5.69 Å². The molecular formula is C23H23N7O2S2. The molecule has 1 atom stereocenters. The first-order chi connectivity index (χ1) is 16.6. The summed E-state index contributed by atoms with van der Waals surface area (Å²) in [6.07, 6.45) is 4.88. The molecule has 0 fully saturated rings. The predicted octanol–water partition coefficient (Wildman–Crippen LogP) is 4.24. The second-order valence-corrected chi connectivity index (χ2v) is 10.5.